The van der Waals surface area contributed by atoms with Crippen molar-refractivity contribution in [3.8, 4) is 0 Å². The third-order valence-electron chi connectivity index (χ3n) is 76.9. The van der Waals surface area contributed by atoms with Crippen LogP contribution in [0.25, 0.3) is 0 Å². The maximum atomic E-state index is 1.88. The van der Waals surface area contributed by atoms with Gasteiger partial charge in [0.25, 0.3) is 0 Å². The number of hydrogen-bond donors (Lipinski definition) is 0. The molecule has 60 atom stereocenters. The molecule has 0 aromatic rings. The smallest absolute Gasteiger partial charge is 0.000715 e. The van der Waals surface area contributed by atoms with Crippen molar-refractivity contribution < 1.29 is 0 Å². The van der Waals surface area contributed by atoms with Gasteiger partial charge in [0.2, 0.25) is 0 Å². The third kappa shape index (κ3) is 0.556. The van der Waals surface area contributed by atoms with Crippen LogP contribution in [0, 0.1) is 457 Å². The van der Waals surface area contributed by atoms with Gasteiger partial charge in [0, 0.05) is 0 Å². The van der Waals surface area contributed by atoms with Gasteiger partial charge in [-0.3, -0.25) is 0 Å². The molecule has 64 rings (SSSR count). The van der Waals surface area contributed by atoms with Gasteiger partial charge in [-0.2, -0.15) is 0 Å². The van der Waals surface area contributed by atoms with Crippen molar-refractivity contribution in [1.29, 1.82) is 0 Å². The monoisotopic (exact) mass is 1060 g/mol. The normalized spacial score (nSPS) is 149. The number of rotatable bonds is 0. The highest BCUT2D eigenvalue weighted by molar-refractivity contribution is 6.32. The summed E-state index contributed by atoms with van der Waals surface area (Å²) in [6, 6.07) is 0. The molecular formula is C85H44. The fraction of sp³-hybridized carbons (Fsp3) is 1.00. The third-order valence-corrected chi connectivity index (χ3v) is 76.9. The zero-order valence-electron chi connectivity index (χ0n) is 46.1. The van der Waals surface area contributed by atoms with Gasteiger partial charge in [0.15, 0.2) is 0 Å². The van der Waals surface area contributed by atoms with Gasteiger partial charge in [-0.25, -0.2) is 0 Å². The fourth-order valence-corrected chi connectivity index (χ4v) is 99.9. The molecule has 0 aliphatic heterocycles. The molecule has 64 saturated carbocycles. The van der Waals surface area contributed by atoms with Crippen LogP contribution in [0.1, 0.15) is 25.7 Å². The van der Waals surface area contributed by atoms with Crippen LogP contribution in [-0.2, 0) is 0 Å². The molecule has 0 radical (unpaired) electrons. The Balaban J connectivity index is 0.572. The van der Waals surface area contributed by atoms with Crippen LogP contribution >= 0.6 is 0 Å². The summed E-state index contributed by atoms with van der Waals surface area (Å²) in [7, 11) is 0. The second-order valence-corrected chi connectivity index (χ2v) is 56.4. The standard InChI is InChI=1S/C85H44/c1-5-13-6-2-10-16-20-24-28-32-37-40-38-34-30-26-22-18-12-4-8-14-7-3-11-17-21-25-29-33-36-39-35-31-27-23-19-15-9(1)41(5)45(13)42(6,10)48(16)52(20)56(24)60(28)64(32)69(37)72(40)70(38)66(34)62(30)58(26)54(22)50(18)44(8,12)46(14)43(7,11)49(17)53(21)57(25)61(29)65(33)68(36)71(39)67(35)63(31)59(27)55(23)51(19)47(15,41)73(45,48)75(51,52)77(55,56)79(59,60)81(63,64)83(67,69)85(71,72)84(68,70)82(65,66)80(61,62)78(57,58)76(53,54)74(46,49)50/h5-40H,1-4H2. The van der Waals surface area contributed by atoms with E-state index >= 15 is 0 Å². The van der Waals surface area contributed by atoms with Crippen molar-refractivity contribution in [2.75, 3.05) is 0 Å². The van der Waals surface area contributed by atoms with Crippen LogP contribution in [-0.4, -0.2) is 0 Å². The Bertz CT molecular complexity index is 5830. The first-order valence-corrected chi connectivity index (χ1v) is 42.3. The van der Waals surface area contributed by atoms with E-state index in [4.69, 9.17) is 0 Å². The summed E-state index contributed by atoms with van der Waals surface area (Å²) in [5, 5.41) is 0. The van der Waals surface area contributed by atoms with Gasteiger partial charge in [0.1, 0.15) is 0 Å². The zero-order valence-corrected chi connectivity index (χ0v) is 46.1. The second kappa shape index (κ2) is 3.97. The molecule has 64 aliphatic rings. The number of hydrogen-bond acceptors (Lipinski definition) is 0. The number of fused-ring (bicyclic) bond motifs is 32. The summed E-state index contributed by atoms with van der Waals surface area (Å²) in [6.07, 6.45) is 7.50. The van der Waals surface area contributed by atoms with E-state index in [-0.39, 0.29) is 0 Å². The Kier molecular flexibility index (Phi) is 1.28. The van der Waals surface area contributed by atoms with Crippen molar-refractivity contribution in [1.82, 2.24) is 0 Å². The van der Waals surface area contributed by atoms with Crippen LogP contribution in [0.3, 0.4) is 0 Å². The van der Waals surface area contributed by atoms with E-state index in [9.17, 15) is 0 Å². The second-order valence-electron chi connectivity index (χ2n) is 56.4. The minimum Gasteiger partial charge on any atom is -0.0458 e. The largest absolute Gasteiger partial charge is 0.0458 e. The van der Waals surface area contributed by atoms with Gasteiger partial charge in [-0.15, -0.1) is 0 Å². The molecule has 0 N–H and O–H groups in total. The van der Waals surface area contributed by atoms with Gasteiger partial charge in [-0.1, -0.05) is 0 Å². The molecule has 64 aliphatic carbocycles. The molecule has 0 amide bonds. The SMILES string of the molecule is C1C2C3C4CC5C6C7C8C9C%10C%11C%12C%13C%14C%15C%16C%17C%18C%19CC%20C%21C%22CC%23C%24C%25C%26C%27C%28C%29C%30C%31C%32C%33C%34C%35C%36C1C21C32C45C63C74C85C96C%107C%118C%129C%13%10C%14%11C%15%12C%16%13C%17%14C%18%15C%20%19C%21%16C%22%23C%24%17C%25%18C%26%19C%27%20C%28%21C%29%22C%30%23C%31%24C%32%25C%33%26C%34%27C%35%28C%361C23C%284C%275C%266C%257C%248C%239C%22%10C%21%11C%20%12C%19%13C%18%14C%16%17%15. The molecule has 45 spiro atoms. The van der Waals surface area contributed by atoms with Gasteiger partial charge in [-0.05, 0) is 482 Å². The first-order valence-electron chi connectivity index (χ1n) is 42.3. The lowest BCUT2D eigenvalue weighted by atomic mass is 8.31. The predicted molar refractivity (Wildman–Crippen MR) is 256 cm³/mol. The van der Waals surface area contributed by atoms with Crippen LogP contribution in [0.15, 0.2) is 0 Å². The van der Waals surface area contributed by atoms with Crippen molar-refractivity contribution in [2.45, 2.75) is 25.7 Å². The molecule has 0 heterocycles. The predicted octanol–water partition coefficient (Wildman–Crippen LogP) is 6.23. The Morgan fingerprint density at radius 2 is 0.235 bits per heavy atom. The van der Waals surface area contributed by atoms with Gasteiger partial charge < -0.3 is 0 Å². The first kappa shape index (κ1) is 27.4. The Labute approximate surface area is 479 Å². The summed E-state index contributed by atoms with van der Waals surface area (Å²) in [4.78, 5) is 0. The van der Waals surface area contributed by atoms with Gasteiger partial charge in [0.05, 0.1) is 0 Å². The molecule has 0 bridgehead atoms. The molecule has 0 heteroatoms. The summed E-state index contributed by atoms with van der Waals surface area (Å²) >= 11 is 0. The topological polar surface area (TPSA) is 0 Å². The minimum absolute atomic E-state index is 1.11. The first-order chi connectivity index (χ1) is 42.3. The minimum atomic E-state index is 1.11. The summed E-state index contributed by atoms with van der Waals surface area (Å²) < 4.78 is 0. The van der Waals surface area contributed by atoms with E-state index in [2.05, 4.69) is 0 Å². The van der Waals surface area contributed by atoms with E-state index in [1.165, 1.54) is 213 Å². The molecule has 384 valence electrons. The molecule has 0 nitrogen and oxygen atoms in total. The highest BCUT2D eigenvalue weighted by atomic mass is 15.8. The average molecular weight is 1070 g/mol. The molecule has 0 aromatic carbocycles. The van der Waals surface area contributed by atoms with Crippen LogP contribution < -0.4 is 0 Å². The van der Waals surface area contributed by atoms with E-state index in [0.717, 1.165) is 244 Å². The fourth-order valence-electron chi connectivity index (χ4n) is 99.9. The van der Waals surface area contributed by atoms with Crippen molar-refractivity contribution in [3.63, 3.8) is 0 Å². The van der Waals surface area contributed by atoms with Gasteiger partial charge >= 0.3 is 0 Å². The Hall–Kier alpha value is 0. The zero-order chi connectivity index (χ0) is 46.1. The summed E-state index contributed by atoms with van der Waals surface area (Å²) in [6.45, 7) is 0. The quantitative estimate of drug-likeness (QED) is 0.270. The van der Waals surface area contributed by atoms with Crippen LogP contribution in [0.2, 0.25) is 0 Å². The van der Waals surface area contributed by atoms with Crippen molar-refractivity contribution >= 4 is 0 Å². The molecular weight excluding hydrogens is 1020 g/mol. The molecule has 0 saturated heterocycles. The lowest BCUT2D eigenvalue weighted by Crippen LogP contribution is -3.70. The Morgan fingerprint density at radius 1 is 0.106 bits per heavy atom. The van der Waals surface area contributed by atoms with E-state index in [0.29, 0.717) is 0 Å². The van der Waals surface area contributed by atoms with Crippen LogP contribution in [0.4, 0.5) is 0 Å². The van der Waals surface area contributed by atoms with Crippen LogP contribution in [0.5, 0.6) is 0 Å². The van der Waals surface area contributed by atoms with E-state index < -0.39 is 0 Å². The lowest BCUT2D eigenvalue weighted by Gasteiger charge is -3.71. The van der Waals surface area contributed by atoms with E-state index in [1.54, 1.807) is 0 Å². The molecule has 60 unspecified atom stereocenters. The highest BCUT2D eigenvalue weighted by Crippen LogP contribution is 3.77. The summed E-state index contributed by atoms with van der Waals surface area (Å²) in [5.41, 5.74) is 51.2. The average Bonchev–Trinajstić information content (AvgIpc) is 0.420. The summed E-state index contributed by atoms with van der Waals surface area (Å²) in [5.74, 6) is 51.6. The molecule has 85 heavy (non-hydrogen) atoms. The highest BCUT2D eigenvalue weighted by Gasteiger charge is 3.76. The van der Waals surface area contributed by atoms with Crippen molar-refractivity contribution in [2.24, 2.45) is 440 Å². The maximum Gasteiger partial charge on any atom is -0.000715 e. The van der Waals surface area contributed by atoms with Crippen molar-refractivity contribution in [3.05, 3.63) is 16.2 Å². The Morgan fingerprint density at radius 3 is 0.412 bits per heavy atom. The molecule has 0 aromatic heterocycles. The van der Waals surface area contributed by atoms with E-state index in [1.807, 2.05) is 25.7 Å². The lowest BCUT2D eigenvalue weighted by molar-refractivity contribution is -1.25. The molecule has 64 fully saturated rings. The maximum absolute atomic E-state index is 1.88.